The minimum atomic E-state index is -1.42. The van der Waals surface area contributed by atoms with Gasteiger partial charge in [0.1, 0.15) is 17.7 Å². The smallest absolute Gasteiger partial charge is 0.408 e. The van der Waals surface area contributed by atoms with E-state index in [4.69, 9.17) is 11.2 Å². The number of nitrogens with zero attached hydrogens (tertiary/aromatic N) is 1. The molecule has 0 aromatic heterocycles. The Labute approximate surface area is 213 Å². The number of benzene rings is 2. The molecule has 3 amide bonds. The largest absolute Gasteiger partial charge is 0.444 e. The van der Waals surface area contributed by atoms with Crippen molar-refractivity contribution in [1.29, 1.82) is 0 Å². The zero-order chi connectivity index (χ0) is 27.2. The summed E-state index contributed by atoms with van der Waals surface area (Å²) in [6.07, 6.45) is 4.87. The van der Waals surface area contributed by atoms with Gasteiger partial charge in [0.25, 0.3) is 11.8 Å². The second kappa shape index (κ2) is 11.7. The van der Waals surface area contributed by atoms with Crippen molar-refractivity contribution in [2.24, 2.45) is 0 Å². The summed E-state index contributed by atoms with van der Waals surface area (Å²) < 4.78 is 5.20. The lowest BCUT2D eigenvalue weighted by Crippen LogP contribution is -2.52. The molecule has 0 radical (unpaired) electrons. The molecule has 2 rings (SSSR count). The van der Waals surface area contributed by atoms with Crippen LogP contribution in [0.5, 0.6) is 0 Å². The topological polar surface area (TPSA) is 108 Å². The molecule has 36 heavy (non-hydrogen) atoms. The third-order valence-electron chi connectivity index (χ3n) is 5.51. The van der Waals surface area contributed by atoms with E-state index in [9.17, 15) is 19.5 Å². The minimum absolute atomic E-state index is 0.527. The highest BCUT2D eigenvalue weighted by molar-refractivity contribution is 6.00. The molecule has 0 aliphatic carbocycles. The van der Waals surface area contributed by atoms with Crippen LogP contribution < -0.4 is 10.6 Å². The minimum Gasteiger partial charge on any atom is -0.444 e. The van der Waals surface area contributed by atoms with Crippen LogP contribution in [-0.2, 0) is 14.3 Å². The number of para-hydroxylation sites is 1. The first kappa shape index (κ1) is 28.4. The predicted octanol–water partition coefficient (Wildman–Crippen LogP) is 3.90. The Morgan fingerprint density at radius 1 is 1.06 bits per heavy atom. The normalized spacial score (nSPS) is 12.6. The number of amides is 3. The number of carbonyl (C=O) groups excluding carboxylic acids is 3. The van der Waals surface area contributed by atoms with Crippen molar-refractivity contribution >= 4 is 23.6 Å². The third kappa shape index (κ3) is 7.09. The van der Waals surface area contributed by atoms with Gasteiger partial charge in [-0.3, -0.25) is 14.5 Å². The monoisotopic (exact) mass is 493 g/mol. The molecule has 0 saturated heterocycles. The molecule has 8 nitrogen and oxygen atoms in total. The van der Waals surface area contributed by atoms with Crippen LogP contribution in [0.3, 0.4) is 0 Å². The van der Waals surface area contributed by atoms with Crippen LogP contribution >= 0.6 is 0 Å². The van der Waals surface area contributed by atoms with E-state index in [2.05, 4.69) is 16.7 Å². The fourth-order valence-corrected chi connectivity index (χ4v) is 3.72. The number of aliphatic hydroxyl groups is 1. The molecule has 192 valence electrons. The predicted molar refractivity (Wildman–Crippen MR) is 139 cm³/mol. The molecule has 2 atom stereocenters. The molecule has 0 saturated carbocycles. The lowest BCUT2D eigenvalue weighted by molar-refractivity contribution is -0.137. The molecule has 2 aromatic carbocycles. The van der Waals surface area contributed by atoms with Crippen LogP contribution in [-0.4, -0.2) is 46.2 Å². The number of nitrogens with one attached hydrogen (secondary N) is 2. The third-order valence-corrected chi connectivity index (χ3v) is 5.51. The SMILES string of the molecule is C#CN(C(=O)C(CO)NC(=O)OC(C)(C)C)C(C(=O)Nc1c(C)cccc1C)c1cc(C)ccc1C. The molecule has 2 aromatic rings. The van der Waals surface area contributed by atoms with E-state index >= 15 is 0 Å². The number of hydrogen-bond donors (Lipinski definition) is 3. The first-order valence-corrected chi connectivity index (χ1v) is 11.6. The first-order valence-electron chi connectivity index (χ1n) is 11.6. The van der Waals surface area contributed by atoms with Crippen LogP contribution in [0.1, 0.15) is 54.6 Å². The molecule has 0 spiro atoms. The van der Waals surface area contributed by atoms with E-state index in [0.717, 1.165) is 27.2 Å². The van der Waals surface area contributed by atoms with Gasteiger partial charge in [0, 0.05) is 11.7 Å². The number of ether oxygens (including phenoxy) is 1. The number of aryl methyl sites for hydroxylation is 4. The van der Waals surface area contributed by atoms with Gasteiger partial charge in [0.2, 0.25) is 0 Å². The molecule has 2 unspecified atom stereocenters. The van der Waals surface area contributed by atoms with Gasteiger partial charge in [-0.15, -0.1) is 0 Å². The quantitative estimate of drug-likeness (QED) is 0.400. The van der Waals surface area contributed by atoms with Gasteiger partial charge < -0.3 is 20.5 Å². The highest BCUT2D eigenvalue weighted by atomic mass is 16.6. The van der Waals surface area contributed by atoms with Crippen molar-refractivity contribution in [3.8, 4) is 12.5 Å². The summed E-state index contributed by atoms with van der Waals surface area (Å²) in [4.78, 5) is 40.4. The maximum atomic E-state index is 13.7. The van der Waals surface area contributed by atoms with Crippen LogP contribution in [0.2, 0.25) is 0 Å². The van der Waals surface area contributed by atoms with Crippen LogP contribution in [0.25, 0.3) is 0 Å². The van der Waals surface area contributed by atoms with Crippen molar-refractivity contribution in [2.45, 2.75) is 66.2 Å². The summed E-state index contributed by atoms with van der Waals surface area (Å²) in [6, 6.07) is 10.8. The Hall–Kier alpha value is -3.83. The van der Waals surface area contributed by atoms with Gasteiger partial charge >= 0.3 is 6.09 Å². The van der Waals surface area contributed by atoms with Crippen LogP contribution in [0.15, 0.2) is 36.4 Å². The number of aliphatic hydroxyl groups excluding tert-OH is 1. The van der Waals surface area contributed by atoms with Crippen LogP contribution in [0.4, 0.5) is 10.5 Å². The Morgan fingerprint density at radius 3 is 2.19 bits per heavy atom. The van der Waals surface area contributed by atoms with Crippen molar-refractivity contribution in [1.82, 2.24) is 10.2 Å². The Kier molecular flexibility index (Phi) is 9.26. The lowest BCUT2D eigenvalue weighted by Gasteiger charge is -2.31. The van der Waals surface area contributed by atoms with Crippen molar-refractivity contribution < 1.29 is 24.2 Å². The maximum Gasteiger partial charge on any atom is 0.408 e. The van der Waals surface area contributed by atoms with E-state index in [1.54, 1.807) is 26.8 Å². The van der Waals surface area contributed by atoms with E-state index in [0.29, 0.717) is 11.3 Å². The summed E-state index contributed by atoms with van der Waals surface area (Å²) in [5.74, 6) is -1.35. The second-order valence-electron chi connectivity index (χ2n) is 9.74. The number of hydrogen-bond acceptors (Lipinski definition) is 5. The fourth-order valence-electron chi connectivity index (χ4n) is 3.72. The molecular weight excluding hydrogens is 458 g/mol. The van der Waals surface area contributed by atoms with E-state index in [-0.39, 0.29) is 0 Å². The number of terminal acetylenes is 1. The fraction of sp³-hybridized carbons (Fsp3) is 0.393. The van der Waals surface area contributed by atoms with E-state index < -0.39 is 42.2 Å². The molecule has 0 bridgehead atoms. The summed E-state index contributed by atoms with van der Waals surface area (Å²) in [7, 11) is 0. The van der Waals surface area contributed by atoms with Gasteiger partial charge in [-0.05, 0) is 70.7 Å². The summed E-state index contributed by atoms with van der Waals surface area (Å²) in [6.45, 7) is 11.7. The standard InChI is InChI=1S/C28H35N3O5/c1-9-31(26(34)22(16-32)29-27(35)36-28(6,7)8)24(21-15-17(2)13-14-18(21)3)25(33)30-23-19(4)11-10-12-20(23)5/h1,10-15,22,24,32H,16H2,2-8H3,(H,29,35)(H,30,33). The Balaban J connectivity index is 2.51. The number of carbonyl (C=O) groups is 3. The highest BCUT2D eigenvalue weighted by Crippen LogP contribution is 2.29. The second-order valence-corrected chi connectivity index (χ2v) is 9.74. The molecule has 0 aliphatic heterocycles. The van der Waals surface area contributed by atoms with Gasteiger partial charge in [-0.1, -0.05) is 48.4 Å². The zero-order valence-corrected chi connectivity index (χ0v) is 21.9. The average Bonchev–Trinajstić information content (AvgIpc) is 2.78. The summed E-state index contributed by atoms with van der Waals surface area (Å²) >= 11 is 0. The van der Waals surface area contributed by atoms with Crippen molar-refractivity contribution in [3.05, 3.63) is 64.2 Å². The van der Waals surface area contributed by atoms with Crippen molar-refractivity contribution in [3.63, 3.8) is 0 Å². The number of alkyl carbamates (subject to hydrolysis) is 1. The first-order chi connectivity index (χ1) is 16.8. The highest BCUT2D eigenvalue weighted by Gasteiger charge is 2.36. The Bertz CT molecular complexity index is 1160. The number of anilines is 1. The molecule has 0 aliphatic rings. The summed E-state index contributed by atoms with van der Waals surface area (Å²) in [5.41, 5.74) is 3.65. The van der Waals surface area contributed by atoms with Gasteiger partial charge in [-0.2, -0.15) is 0 Å². The van der Waals surface area contributed by atoms with Gasteiger partial charge in [0.05, 0.1) is 6.61 Å². The molecule has 3 N–H and O–H groups in total. The maximum absolute atomic E-state index is 13.7. The zero-order valence-electron chi connectivity index (χ0n) is 21.9. The average molecular weight is 494 g/mol. The van der Waals surface area contributed by atoms with Gasteiger partial charge in [-0.25, -0.2) is 4.79 Å². The Morgan fingerprint density at radius 2 is 1.67 bits per heavy atom. The molecular formula is C28H35N3O5. The molecule has 8 heteroatoms. The molecule has 0 heterocycles. The van der Waals surface area contributed by atoms with Gasteiger partial charge in [0.15, 0.2) is 0 Å². The van der Waals surface area contributed by atoms with E-state index in [1.165, 1.54) is 0 Å². The van der Waals surface area contributed by atoms with Crippen LogP contribution in [0, 0.1) is 40.2 Å². The number of rotatable bonds is 7. The summed E-state index contributed by atoms with van der Waals surface area (Å²) in [5, 5.41) is 15.2. The van der Waals surface area contributed by atoms with E-state index in [1.807, 2.05) is 58.0 Å². The lowest BCUT2D eigenvalue weighted by atomic mass is 9.96. The molecule has 0 fully saturated rings. The van der Waals surface area contributed by atoms with Crippen molar-refractivity contribution in [2.75, 3.05) is 11.9 Å².